The van der Waals surface area contributed by atoms with Crippen molar-refractivity contribution in [2.24, 2.45) is 0 Å². The van der Waals surface area contributed by atoms with Crippen LogP contribution in [-0.4, -0.2) is 50.1 Å². The van der Waals surface area contributed by atoms with Crippen LogP contribution in [0, 0.1) is 5.82 Å². The molecule has 0 spiro atoms. The van der Waals surface area contributed by atoms with E-state index in [-0.39, 0.29) is 11.3 Å². The van der Waals surface area contributed by atoms with E-state index in [2.05, 4.69) is 15.9 Å². The quantitative estimate of drug-likeness (QED) is 0.719. The van der Waals surface area contributed by atoms with Crippen LogP contribution in [0.2, 0.25) is 0 Å². The third kappa shape index (κ3) is 4.18. The summed E-state index contributed by atoms with van der Waals surface area (Å²) < 4.78 is 23.8. The van der Waals surface area contributed by atoms with Gasteiger partial charge in [-0.15, -0.1) is 0 Å². The molecule has 0 atom stereocenters. The highest BCUT2D eigenvalue weighted by atomic mass is 79.9. The van der Waals surface area contributed by atoms with Gasteiger partial charge >= 0.3 is 0 Å². The molecule has 19 heavy (non-hydrogen) atoms. The third-order valence-corrected chi connectivity index (χ3v) is 2.97. The van der Waals surface area contributed by atoms with Crippen molar-refractivity contribution >= 4 is 21.8 Å². The number of carbonyl (C=O) groups is 1. The molecule has 6 heteroatoms. The summed E-state index contributed by atoms with van der Waals surface area (Å²) in [4.78, 5) is 13.9. The second-order valence-corrected chi connectivity index (χ2v) is 4.58. The van der Waals surface area contributed by atoms with Gasteiger partial charge in [0.15, 0.2) is 0 Å². The lowest BCUT2D eigenvalue weighted by Gasteiger charge is -2.22. The molecule has 0 aliphatic carbocycles. The van der Waals surface area contributed by atoms with Crippen molar-refractivity contribution in [2.75, 3.05) is 39.2 Å². The van der Waals surface area contributed by atoms with Crippen LogP contribution < -0.4 is 4.74 Å². The number of halogens is 2. The zero-order valence-corrected chi connectivity index (χ0v) is 12.6. The van der Waals surface area contributed by atoms with E-state index in [1.54, 1.807) is 13.2 Å². The van der Waals surface area contributed by atoms with E-state index in [9.17, 15) is 9.18 Å². The fourth-order valence-electron chi connectivity index (χ4n) is 1.66. The summed E-state index contributed by atoms with van der Waals surface area (Å²) >= 11 is 3.28. The molecule has 0 aromatic heterocycles. The Morgan fingerprint density at radius 2 is 2.11 bits per heavy atom. The van der Waals surface area contributed by atoms with Gasteiger partial charge in [0, 0.05) is 25.5 Å². The van der Waals surface area contributed by atoms with Gasteiger partial charge < -0.3 is 14.4 Å². The molecule has 4 nitrogen and oxygen atoms in total. The van der Waals surface area contributed by atoms with E-state index >= 15 is 0 Å². The van der Waals surface area contributed by atoms with Crippen LogP contribution in [0.5, 0.6) is 5.75 Å². The summed E-state index contributed by atoms with van der Waals surface area (Å²) in [6.45, 7) is 1.27. The maximum absolute atomic E-state index is 13.8. The molecular weight excluding hydrogens is 317 g/mol. The number of methoxy groups -OCH3 is 2. The predicted molar refractivity (Wildman–Crippen MR) is 74.5 cm³/mol. The van der Waals surface area contributed by atoms with Gasteiger partial charge in [0.2, 0.25) is 0 Å². The maximum atomic E-state index is 13.8. The summed E-state index contributed by atoms with van der Waals surface area (Å²) in [5.74, 6) is -0.741. The van der Waals surface area contributed by atoms with Gasteiger partial charge in [-0.25, -0.2) is 4.39 Å². The fourth-order valence-corrected chi connectivity index (χ4v) is 2.09. The minimum absolute atomic E-state index is 0.0398. The Balaban J connectivity index is 3.01. The lowest BCUT2D eigenvalue weighted by molar-refractivity contribution is 0.0701. The van der Waals surface area contributed by atoms with Crippen molar-refractivity contribution < 1.29 is 18.7 Å². The van der Waals surface area contributed by atoms with Crippen LogP contribution in [0.25, 0.3) is 0 Å². The van der Waals surface area contributed by atoms with E-state index < -0.39 is 11.7 Å². The van der Waals surface area contributed by atoms with Crippen molar-refractivity contribution in [1.29, 1.82) is 0 Å². The van der Waals surface area contributed by atoms with Crippen LogP contribution >= 0.6 is 15.9 Å². The van der Waals surface area contributed by atoms with Gasteiger partial charge in [-0.2, -0.15) is 0 Å². The Kier molecular flexibility index (Phi) is 6.80. The molecular formula is C13H17BrFNO3. The van der Waals surface area contributed by atoms with Crippen molar-refractivity contribution in [2.45, 2.75) is 0 Å². The normalized spacial score (nSPS) is 10.3. The number of nitrogens with zero attached hydrogens (tertiary/aromatic N) is 1. The number of hydrogen-bond acceptors (Lipinski definition) is 3. The highest BCUT2D eigenvalue weighted by Crippen LogP contribution is 2.22. The van der Waals surface area contributed by atoms with Crippen LogP contribution in [-0.2, 0) is 4.74 Å². The number of alkyl halides is 1. The van der Waals surface area contributed by atoms with E-state index in [0.29, 0.717) is 25.0 Å². The van der Waals surface area contributed by atoms with Gasteiger partial charge in [0.25, 0.3) is 5.91 Å². The number of carbonyl (C=O) groups excluding carboxylic acids is 1. The number of hydrogen-bond donors (Lipinski definition) is 0. The van der Waals surface area contributed by atoms with Gasteiger partial charge in [0.1, 0.15) is 17.1 Å². The van der Waals surface area contributed by atoms with E-state index in [4.69, 9.17) is 9.47 Å². The zero-order valence-electron chi connectivity index (χ0n) is 11.0. The molecule has 0 unspecified atom stereocenters. The molecule has 1 aromatic rings. The third-order valence-electron chi connectivity index (χ3n) is 2.62. The lowest BCUT2D eigenvalue weighted by Crippen LogP contribution is -2.36. The Morgan fingerprint density at radius 3 is 2.68 bits per heavy atom. The van der Waals surface area contributed by atoms with E-state index in [1.807, 2.05) is 0 Å². The molecule has 0 saturated carbocycles. The topological polar surface area (TPSA) is 38.8 Å². The van der Waals surface area contributed by atoms with Gasteiger partial charge in [-0.05, 0) is 12.1 Å². The molecule has 0 aliphatic rings. The van der Waals surface area contributed by atoms with Crippen molar-refractivity contribution in [3.05, 3.63) is 29.6 Å². The summed E-state index contributed by atoms with van der Waals surface area (Å²) in [6, 6.07) is 4.33. The number of benzene rings is 1. The maximum Gasteiger partial charge on any atom is 0.260 e. The predicted octanol–water partition coefficient (Wildman–Crippen LogP) is 2.32. The van der Waals surface area contributed by atoms with Gasteiger partial charge in [-0.1, -0.05) is 22.0 Å². The van der Waals surface area contributed by atoms with Crippen LogP contribution in [0.1, 0.15) is 10.4 Å². The minimum Gasteiger partial charge on any atom is -0.496 e. The lowest BCUT2D eigenvalue weighted by atomic mass is 10.1. The molecule has 0 heterocycles. The molecule has 0 fully saturated rings. The van der Waals surface area contributed by atoms with E-state index in [0.717, 1.165) is 0 Å². The zero-order chi connectivity index (χ0) is 14.3. The molecule has 0 aliphatic heterocycles. The molecule has 0 radical (unpaired) electrons. The second kappa shape index (κ2) is 8.12. The second-order valence-electron chi connectivity index (χ2n) is 3.79. The monoisotopic (exact) mass is 333 g/mol. The Hall–Kier alpha value is -1.14. The smallest absolute Gasteiger partial charge is 0.260 e. The number of rotatable bonds is 7. The van der Waals surface area contributed by atoms with Crippen LogP contribution in [0.4, 0.5) is 4.39 Å². The molecule has 0 bridgehead atoms. The highest BCUT2D eigenvalue weighted by Gasteiger charge is 2.22. The standard InChI is InChI=1S/C13H17BrFNO3/c1-18-9-8-16(7-6-14)13(17)12-10(15)4-3-5-11(12)19-2/h3-5H,6-9H2,1-2H3. The first-order valence-electron chi connectivity index (χ1n) is 5.82. The highest BCUT2D eigenvalue weighted by molar-refractivity contribution is 9.09. The Morgan fingerprint density at radius 1 is 1.37 bits per heavy atom. The Labute approximate surface area is 120 Å². The first-order valence-corrected chi connectivity index (χ1v) is 6.94. The molecule has 0 saturated heterocycles. The summed E-state index contributed by atoms with van der Waals surface area (Å²) in [7, 11) is 2.97. The van der Waals surface area contributed by atoms with Crippen LogP contribution in [0.3, 0.4) is 0 Å². The SMILES string of the molecule is COCCN(CCBr)C(=O)c1c(F)cccc1OC. The summed E-state index contributed by atoms with van der Waals surface area (Å²) in [5.41, 5.74) is -0.0398. The average Bonchev–Trinajstić information content (AvgIpc) is 2.42. The minimum atomic E-state index is -0.582. The first kappa shape index (κ1) is 15.9. The first-order chi connectivity index (χ1) is 9.15. The van der Waals surface area contributed by atoms with Crippen molar-refractivity contribution in [3.63, 3.8) is 0 Å². The van der Waals surface area contributed by atoms with Crippen molar-refractivity contribution in [3.8, 4) is 5.75 Å². The Bertz CT molecular complexity index is 428. The summed E-state index contributed by atoms with van der Waals surface area (Å²) in [6.07, 6.45) is 0. The molecule has 0 N–H and O–H groups in total. The van der Waals surface area contributed by atoms with Gasteiger partial charge in [0.05, 0.1) is 13.7 Å². The number of ether oxygens (including phenoxy) is 2. The summed E-state index contributed by atoms with van der Waals surface area (Å²) in [5, 5.41) is 0.610. The molecule has 1 aromatic carbocycles. The average molecular weight is 334 g/mol. The molecule has 1 amide bonds. The van der Waals surface area contributed by atoms with Gasteiger partial charge in [-0.3, -0.25) is 4.79 Å². The number of amides is 1. The molecule has 106 valence electrons. The van der Waals surface area contributed by atoms with E-state index in [1.165, 1.54) is 24.1 Å². The van der Waals surface area contributed by atoms with Crippen LogP contribution in [0.15, 0.2) is 18.2 Å². The fraction of sp³-hybridized carbons (Fsp3) is 0.462. The largest absolute Gasteiger partial charge is 0.496 e. The van der Waals surface area contributed by atoms with Crippen molar-refractivity contribution in [1.82, 2.24) is 4.90 Å². The molecule has 1 rings (SSSR count).